The Morgan fingerprint density at radius 3 is 2.50 bits per heavy atom. The summed E-state index contributed by atoms with van der Waals surface area (Å²) < 4.78 is 5.90. The normalized spacial score (nSPS) is 10.2. The summed E-state index contributed by atoms with van der Waals surface area (Å²) in [4.78, 5) is 0. The van der Waals surface area contributed by atoms with Crippen molar-refractivity contribution in [1.29, 1.82) is 0 Å². The third-order valence-electron chi connectivity index (χ3n) is 2.58. The fourth-order valence-electron chi connectivity index (χ4n) is 1.55. The van der Waals surface area contributed by atoms with Gasteiger partial charge in [-0.25, -0.2) is 0 Å². The van der Waals surface area contributed by atoms with Crippen LogP contribution in [0, 0.1) is 26.8 Å². The molecule has 1 radical (unpaired) electrons. The summed E-state index contributed by atoms with van der Waals surface area (Å²) in [5.41, 5.74) is 3.46. The molecular formula is C15H15O. The van der Waals surface area contributed by atoms with E-state index < -0.39 is 0 Å². The number of ether oxygens (including phenoxy) is 1. The van der Waals surface area contributed by atoms with Gasteiger partial charge < -0.3 is 4.74 Å². The molecule has 0 unspecified atom stereocenters. The molecule has 1 nitrogen and oxygen atoms in total. The van der Waals surface area contributed by atoms with E-state index in [4.69, 9.17) is 4.74 Å². The van der Waals surface area contributed by atoms with Crippen LogP contribution in [0.1, 0.15) is 16.7 Å². The van der Waals surface area contributed by atoms with Crippen molar-refractivity contribution in [3.63, 3.8) is 0 Å². The second-order valence-electron chi connectivity index (χ2n) is 4.06. The van der Waals surface area contributed by atoms with Crippen LogP contribution in [0.5, 0.6) is 11.5 Å². The molecule has 0 aliphatic rings. The lowest BCUT2D eigenvalue weighted by molar-refractivity contribution is 0.475. The second kappa shape index (κ2) is 4.40. The van der Waals surface area contributed by atoms with Crippen LogP contribution in [0.25, 0.3) is 0 Å². The second-order valence-corrected chi connectivity index (χ2v) is 4.06. The van der Waals surface area contributed by atoms with Gasteiger partial charge in [-0.05, 0) is 61.7 Å². The highest BCUT2D eigenvalue weighted by Gasteiger charge is 2.03. The minimum atomic E-state index is 0.896. The van der Waals surface area contributed by atoms with E-state index in [1.54, 1.807) is 0 Å². The summed E-state index contributed by atoms with van der Waals surface area (Å²) in [6.07, 6.45) is 0. The Labute approximate surface area is 96.7 Å². The van der Waals surface area contributed by atoms with E-state index in [2.05, 4.69) is 38.1 Å². The monoisotopic (exact) mass is 211 g/mol. The van der Waals surface area contributed by atoms with Crippen LogP contribution in [0.2, 0.25) is 0 Å². The van der Waals surface area contributed by atoms with Gasteiger partial charge in [-0.1, -0.05) is 18.2 Å². The first-order chi connectivity index (χ1) is 7.66. The zero-order chi connectivity index (χ0) is 11.5. The van der Waals surface area contributed by atoms with Crippen LogP contribution in [-0.4, -0.2) is 0 Å². The molecule has 0 amide bonds. The molecular weight excluding hydrogens is 196 g/mol. The molecule has 0 spiro atoms. The standard InChI is InChI=1S/C15H15O/c1-11-8-9-13(3)15(10-11)16-14-7-5-4-6-12(14)2/h5-10H,1-3H3. The van der Waals surface area contributed by atoms with E-state index in [9.17, 15) is 0 Å². The molecule has 0 N–H and O–H groups in total. The number of hydrogen-bond donors (Lipinski definition) is 0. The van der Waals surface area contributed by atoms with E-state index in [1.165, 1.54) is 5.56 Å². The molecule has 0 bridgehead atoms. The lowest BCUT2D eigenvalue weighted by Gasteiger charge is -2.11. The van der Waals surface area contributed by atoms with Gasteiger partial charge >= 0.3 is 0 Å². The van der Waals surface area contributed by atoms with Crippen molar-refractivity contribution >= 4 is 0 Å². The molecule has 1 heteroatoms. The zero-order valence-corrected chi connectivity index (χ0v) is 9.87. The highest BCUT2D eigenvalue weighted by Crippen LogP contribution is 2.27. The zero-order valence-electron chi connectivity index (χ0n) is 9.87. The fourth-order valence-corrected chi connectivity index (χ4v) is 1.55. The third-order valence-corrected chi connectivity index (χ3v) is 2.58. The van der Waals surface area contributed by atoms with Crippen molar-refractivity contribution < 1.29 is 4.74 Å². The third kappa shape index (κ3) is 2.25. The van der Waals surface area contributed by atoms with Gasteiger partial charge in [0.15, 0.2) is 0 Å². The van der Waals surface area contributed by atoms with Crippen LogP contribution >= 0.6 is 0 Å². The lowest BCUT2D eigenvalue weighted by atomic mass is 10.1. The molecule has 0 aromatic heterocycles. The average Bonchev–Trinajstić information content (AvgIpc) is 2.27. The van der Waals surface area contributed by atoms with Gasteiger partial charge in [0.25, 0.3) is 0 Å². The summed E-state index contributed by atoms with van der Waals surface area (Å²) in [6, 6.07) is 15.0. The number of rotatable bonds is 2. The summed E-state index contributed by atoms with van der Waals surface area (Å²) in [5, 5.41) is 0. The summed E-state index contributed by atoms with van der Waals surface area (Å²) in [7, 11) is 0. The molecule has 0 saturated carbocycles. The predicted molar refractivity (Wildman–Crippen MR) is 66.0 cm³/mol. The largest absolute Gasteiger partial charge is 0.457 e. The lowest BCUT2D eigenvalue weighted by Crippen LogP contribution is -1.90. The molecule has 0 saturated heterocycles. The van der Waals surface area contributed by atoms with Gasteiger partial charge in [-0.15, -0.1) is 0 Å². The van der Waals surface area contributed by atoms with E-state index in [-0.39, 0.29) is 0 Å². The Morgan fingerprint density at radius 2 is 1.75 bits per heavy atom. The predicted octanol–water partition coefficient (Wildman–Crippen LogP) is 4.20. The SMILES string of the molecule is Cc1ccc(C)c(Oc2cc[c]cc2C)c1. The first kappa shape index (κ1) is 10.7. The van der Waals surface area contributed by atoms with Crippen LogP contribution < -0.4 is 4.74 Å². The molecule has 2 aromatic carbocycles. The van der Waals surface area contributed by atoms with Crippen molar-refractivity contribution in [3.05, 3.63) is 59.2 Å². The van der Waals surface area contributed by atoms with E-state index in [0.29, 0.717) is 0 Å². The Kier molecular flexibility index (Phi) is 2.95. The van der Waals surface area contributed by atoms with Gasteiger partial charge in [0, 0.05) is 0 Å². The molecule has 0 fully saturated rings. The van der Waals surface area contributed by atoms with Crippen molar-refractivity contribution in [2.75, 3.05) is 0 Å². The maximum atomic E-state index is 5.90. The molecule has 2 rings (SSSR count). The maximum absolute atomic E-state index is 5.90. The Hall–Kier alpha value is -1.76. The van der Waals surface area contributed by atoms with Crippen molar-refractivity contribution in [3.8, 4) is 11.5 Å². The molecule has 0 aliphatic heterocycles. The molecule has 16 heavy (non-hydrogen) atoms. The number of benzene rings is 2. The smallest absolute Gasteiger partial charge is 0.130 e. The van der Waals surface area contributed by atoms with Crippen LogP contribution in [-0.2, 0) is 0 Å². The van der Waals surface area contributed by atoms with Gasteiger partial charge in [0.1, 0.15) is 11.5 Å². The van der Waals surface area contributed by atoms with Crippen molar-refractivity contribution in [2.24, 2.45) is 0 Å². The molecule has 81 valence electrons. The van der Waals surface area contributed by atoms with Crippen LogP contribution in [0.4, 0.5) is 0 Å². The van der Waals surface area contributed by atoms with Crippen LogP contribution in [0.3, 0.4) is 0 Å². The Balaban J connectivity index is 2.34. The van der Waals surface area contributed by atoms with Gasteiger partial charge in [0.05, 0.1) is 0 Å². The Bertz CT molecular complexity index is 501. The average molecular weight is 211 g/mol. The van der Waals surface area contributed by atoms with E-state index in [0.717, 1.165) is 22.6 Å². The Morgan fingerprint density at radius 1 is 0.938 bits per heavy atom. The molecule has 2 aromatic rings. The minimum Gasteiger partial charge on any atom is -0.457 e. The van der Waals surface area contributed by atoms with E-state index >= 15 is 0 Å². The summed E-state index contributed by atoms with van der Waals surface area (Å²) >= 11 is 0. The first-order valence-electron chi connectivity index (χ1n) is 5.38. The van der Waals surface area contributed by atoms with Crippen molar-refractivity contribution in [2.45, 2.75) is 20.8 Å². The first-order valence-corrected chi connectivity index (χ1v) is 5.38. The molecule has 0 atom stereocenters. The van der Waals surface area contributed by atoms with Gasteiger partial charge in [-0.3, -0.25) is 0 Å². The minimum absolute atomic E-state index is 0.896. The topological polar surface area (TPSA) is 9.23 Å². The van der Waals surface area contributed by atoms with Crippen molar-refractivity contribution in [1.82, 2.24) is 0 Å². The van der Waals surface area contributed by atoms with E-state index in [1.807, 2.05) is 25.1 Å². The summed E-state index contributed by atoms with van der Waals surface area (Å²) in [6.45, 7) is 6.15. The fraction of sp³-hybridized carbons (Fsp3) is 0.200. The quantitative estimate of drug-likeness (QED) is 0.723. The van der Waals surface area contributed by atoms with Crippen LogP contribution in [0.15, 0.2) is 36.4 Å². The highest BCUT2D eigenvalue weighted by molar-refractivity contribution is 5.41. The maximum Gasteiger partial charge on any atom is 0.130 e. The highest BCUT2D eigenvalue weighted by atomic mass is 16.5. The molecule has 0 aliphatic carbocycles. The number of aryl methyl sites for hydroxylation is 3. The molecule has 0 heterocycles. The van der Waals surface area contributed by atoms with Gasteiger partial charge in [-0.2, -0.15) is 0 Å². The number of hydrogen-bond acceptors (Lipinski definition) is 1. The van der Waals surface area contributed by atoms with Gasteiger partial charge in [0.2, 0.25) is 0 Å². The summed E-state index contributed by atoms with van der Waals surface area (Å²) in [5.74, 6) is 1.82.